The van der Waals surface area contributed by atoms with E-state index in [-0.39, 0.29) is 25.2 Å². The minimum atomic E-state index is -0.895. The van der Waals surface area contributed by atoms with Crippen LogP contribution < -0.4 is 9.47 Å². The molecule has 1 aromatic carbocycles. The van der Waals surface area contributed by atoms with Gasteiger partial charge in [0.2, 0.25) is 6.79 Å². The standard InChI is InChI=1S/C20H22N2O5/c1-11-6-14(12(2)21(11)3)19(23)22-8-15(16(9-22)20(24)25)13-4-5-17-18(7-13)27-10-26-17/h4-7,15-16H,8-10H2,1-3H3,(H,24,25)/t15-,16+/m1/s1. The zero-order valence-electron chi connectivity index (χ0n) is 15.6. The monoisotopic (exact) mass is 370 g/mol. The van der Waals surface area contributed by atoms with Crippen molar-refractivity contribution in [3.63, 3.8) is 0 Å². The van der Waals surface area contributed by atoms with Gasteiger partial charge in [-0.1, -0.05) is 6.07 Å². The molecule has 0 unspecified atom stereocenters. The molecule has 2 aliphatic rings. The Hall–Kier alpha value is -2.96. The second-order valence-corrected chi connectivity index (χ2v) is 7.22. The summed E-state index contributed by atoms with van der Waals surface area (Å²) in [7, 11) is 1.92. The van der Waals surface area contributed by atoms with Crippen molar-refractivity contribution in [2.24, 2.45) is 13.0 Å². The fourth-order valence-electron chi connectivity index (χ4n) is 3.94. The summed E-state index contributed by atoms with van der Waals surface area (Å²) < 4.78 is 12.7. The summed E-state index contributed by atoms with van der Waals surface area (Å²) in [6.45, 7) is 4.58. The first-order valence-corrected chi connectivity index (χ1v) is 8.91. The zero-order valence-corrected chi connectivity index (χ0v) is 15.6. The molecule has 4 rings (SSSR count). The number of carboxylic acid groups (broad SMARTS) is 1. The summed E-state index contributed by atoms with van der Waals surface area (Å²) in [5.41, 5.74) is 3.36. The van der Waals surface area contributed by atoms with Gasteiger partial charge in [-0.15, -0.1) is 0 Å². The summed E-state index contributed by atoms with van der Waals surface area (Å²) in [6.07, 6.45) is 0. The van der Waals surface area contributed by atoms with E-state index in [1.165, 1.54) is 0 Å². The maximum absolute atomic E-state index is 13.0. The van der Waals surface area contributed by atoms with Gasteiger partial charge < -0.3 is 24.0 Å². The molecule has 2 aliphatic heterocycles. The number of likely N-dealkylation sites (tertiary alicyclic amines) is 1. The third-order valence-electron chi connectivity index (χ3n) is 5.75. The number of benzene rings is 1. The molecule has 27 heavy (non-hydrogen) atoms. The number of aromatic nitrogens is 1. The molecule has 0 saturated carbocycles. The van der Waals surface area contributed by atoms with Crippen LogP contribution in [0.3, 0.4) is 0 Å². The highest BCUT2D eigenvalue weighted by Gasteiger charge is 2.41. The predicted molar refractivity (Wildman–Crippen MR) is 97.2 cm³/mol. The smallest absolute Gasteiger partial charge is 0.308 e. The van der Waals surface area contributed by atoms with Crippen molar-refractivity contribution in [3.8, 4) is 11.5 Å². The lowest BCUT2D eigenvalue weighted by Gasteiger charge is -2.17. The Labute approximate surface area is 157 Å². The van der Waals surface area contributed by atoms with Crippen LogP contribution in [0, 0.1) is 19.8 Å². The number of carbonyl (C=O) groups excluding carboxylic acids is 1. The molecule has 0 aliphatic carbocycles. The van der Waals surface area contributed by atoms with Crippen molar-refractivity contribution in [2.75, 3.05) is 19.9 Å². The summed E-state index contributed by atoms with van der Waals surface area (Å²) in [5.74, 6) is -0.673. The topological polar surface area (TPSA) is 81.0 Å². The molecule has 3 heterocycles. The van der Waals surface area contributed by atoms with E-state index in [2.05, 4.69) is 0 Å². The summed E-state index contributed by atoms with van der Waals surface area (Å²) in [4.78, 5) is 26.5. The van der Waals surface area contributed by atoms with Gasteiger partial charge >= 0.3 is 5.97 Å². The molecule has 7 nitrogen and oxygen atoms in total. The number of amides is 1. The van der Waals surface area contributed by atoms with Gasteiger partial charge in [-0.2, -0.15) is 0 Å². The summed E-state index contributed by atoms with van der Waals surface area (Å²) >= 11 is 0. The van der Waals surface area contributed by atoms with Gasteiger partial charge in [0.1, 0.15) is 0 Å². The third kappa shape index (κ3) is 2.83. The van der Waals surface area contributed by atoms with Crippen LogP contribution in [0.2, 0.25) is 0 Å². The van der Waals surface area contributed by atoms with Crippen molar-refractivity contribution in [1.82, 2.24) is 9.47 Å². The van der Waals surface area contributed by atoms with Crippen molar-refractivity contribution in [1.29, 1.82) is 0 Å². The fourth-order valence-corrected chi connectivity index (χ4v) is 3.94. The van der Waals surface area contributed by atoms with E-state index >= 15 is 0 Å². The SMILES string of the molecule is Cc1cc(C(=O)N2C[C@H](C(=O)O)[C@@H](c3ccc4c(c3)OCO4)C2)c(C)n1C. The van der Waals surface area contributed by atoms with Crippen molar-refractivity contribution < 1.29 is 24.2 Å². The number of hydrogen-bond acceptors (Lipinski definition) is 4. The van der Waals surface area contributed by atoms with E-state index in [0.717, 1.165) is 17.0 Å². The number of carbonyl (C=O) groups is 2. The number of aliphatic carboxylic acids is 1. The van der Waals surface area contributed by atoms with Crippen LogP contribution >= 0.6 is 0 Å². The normalized spacial score (nSPS) is 20.9. The molecule has 142 valence electrons. The van der Waals surface area contributed by atoms with E-state index in [1.54, 1.807) is 11.0 Å². The highest BCUT2D eigenvalue weighted by atomic mass is 16.7. The Balaban J connectivity index is 1.63. The molecule has 0 radical (unpaired) electrons. The van der Waals surface area contributed by atoms with Crippen LogP contribution in [0.4, 0.5) is 0 Å². The minimum absolute atomic E-state index is 0.120. The van der Waals surface area contributed by atoms with Crippen molar-refractivity contribution in [3.05, 3.63) is 46.8 Å². The Morgan fingerprint density at radius 1 is 1.11 bits per heavy atom. The zero-order chi connectivity index (χ0) is 19.3. The highest BCUT2D eigenvalue weighted by Crippen LogP contribution is 2.39. The number of ether oxygens (including phenoxy) is 2. The van der Waals surface area contributed by atoms with Gasteiger partial charge in [0.15, 0.2) is 11.5 Å². The van der Waals surface area contributed by atoms with Gasteiger partial charge in [0, 0.05) is 37.4 Å². The molecular weight excluding hydrogens is 348 g/mol. The van der Waals surface area contributed by atoms with E-state index in [1.807, 2.05) is 43.7 Å². The molecule has 1 N–H and O–H groups in total. The van der Waals surface area contributed by atoms with Crippen LogP contribution in [0.25, 0.3) is 0 Å². The van der Waals surface area contributed by atoms with Crippen molar-refractivity contribution in [2.45, 2.75) is 19.8 Å². The van der Waals surface area contributed by atoms with E-state index in [0.29, 0.717) is 23.6 Å². The van der Waals surface area contributed by atoms with Gasteiger partial charge in [-0.25, -0.2) is 0 Å². The molecular formula is C20H22N2O5. The van der Waals surface area contributed by atoms with Gasteiger partial charge in [-0.3, -0.25) is 9.59 Å². The van der Waals surface area contributed by atoms with Crippen LogP contribution in [-0.4, -0.2) is 46.3 Å². The Morgan fingerprint density at radius 2 is 1.85 bits per heavy atom. The summed E-state index contributed by atoms with van der Waals surface area (Å²) in [6, 6.07) is 7.35. The quantitative estimate of drug-likeness (QED) is 0.897. The second kappa shape index (κ2) is 6.33. The van der Waals surface area contributed by atoms with E-state index in [9.17, 15) is 14.7 Å². The lowest BCUT2D eigenvalue weighted by molar-refractivity contribution is -0.141. The maximum Gasteiger partial charge on any atom is 0.308 e. The molecule has 1 saturated heterocycles. The molecule has 2 atom stereocenters. The minimum Gasteiger partial charge on any atom is -0.481 e. The average Bonchev–Trinajstić information content (AvgIpc) is 3.34. The molecule has 1 amide bonds. The Morgan fingerprint density at radius 3 is 2.52 bits per heavy atom. The molecule has 0 spiro atoms. The lowest BCUT2D eigenvalue weighted by Crippen LogP contribution is -2.30. The maximum atomic E-state index is 13.0. The largest absolute Gasteiger partial charge is 0.481 e. The first-order valence-electron chi connectivity index (χ1n) is 8.91. The number of fused-ring (bicyclic) bond motifs is 1. The van der Waals surface area contributed by atoms with Gasteiger partial charge in [0.05, 0.1) is 11.5 Å². The van der Waals surface area contributed by atoms with E-state index in [4.69, 9.17) is 9.47 Å². The lowest BCUT2D eigenvalue weighted by atomic mass is 9.89. The number of nitrogens with zero attached hydrogens (tertiary/aromatic N) is 2. The molecule has 7 heteroatoms. The van der Waals surface area contributed by atoms with Gasteiger partial charge in [-0.05, 0) is 37.6 Å². The number of carboxylic acids is 1. The van der Waals surface area contributed by atoms with Crippen LogP contribution in [-0.2, 0) is 11.8 Å². The van der Waals surface area contributed by atoms with Crippen LogP contribution in [0.15, 0.2) is 24.3 Å². The van der Waals surface area contributed by atoms with E-state index < -0.39 is 11.9 Å². The molecule has 1 fully saturated rings. The molecule has 0 bridgehead atoms. The van der Waals surface area contributed by atoms with Crippen molar-refractivity contribution >= 4 is 11.9 Å². The number of hydrogen-bond donors (Lipinski definition) is 1. The fraction of sp³-hybridized carbons (Fsp3) is 0.400. The third-order valence-corrected chi connectivity index (χ3v) is 5.75. The Kier molecular flexibility index (Phi) is 4.09. The number of aryl methyl sites for hydroxylation is 1. The predicted octanol–water partition coefficient (Wildman–Crippen LogP) is 2.31. The first-order chi connectivity index (χ1) is 12.9. The first kappa shape index (κ1) is 17.5. The molecule has 1 aromatic heterocycles. The molecule has 2 aromatic rings. The summed E-state index contributed by atoms with van der Waals surface area (Å²) in [5, 5.41) is 9.71. The van der Waals surface area contributed by atoms with Crippen LogP contribution in [0.5, 0.6) is 11.5 Å². The highest BCUT2D eigenvalue weighted by molar-refractivity contribution is 5.96. The second-order valence-electron chi connectivity index (χ2n) is 7.22. The van der Waals surface area contributed by atoms with Gasteiger partial charge in [0.25, 0.3) is 5.91 Å². The average molecular weight is 370 g/mol. The van der Waals surface area contributed by atoms with Crippen LogP contribution in [0.1, 0.15) is 33.2 Å². The Bertz CT molecular complexity index is 933. The number of rotatable bonds is 3.